The van der Waals surface area contributed by atoms with Gasteiger partial charge >= 0.3 is 5.97 Å². The monoisotopic (exact) mass is 232 g/mol. The van der Waals surface area contributed by atoms with Crippen LogP contribution in [0.1, 0.15) is 12.0 Å². The maximum atomic E-state index is 10.8. The molecule has 1 aliphatic heterocycles. The van der Waals surface area contributed by atoms with Gasteiger partial charge in [0, 0.05) is 18.9 Å². The summed E-state index contributed by atoms with van der Waals surface area (Å²) in [5.41, 5.74) is 0.890. The van der Waals surface area contributed by atoms with E-state index in [0.717, 1.165) is 5.56 Å². The first-order valence-electron chi connectivity index (χ1n) is 5.29. The van der Waals surface area contributed by atoms with E-state index < -0.39 is 12.1 Å². The molecule has 1 N–H and O–H groups in total. The summed E-state index contributed by atoms with van der Waals surface area (Å²) in [6.07, 6.45) is 5.26. The van der Waals surface area contributed by atoms with Crippen molar-refractivity contribution in [1.29, 1.82) is 0 Å². The first-order valence-corrected chi connectivity index (χ1v) is 5.29. The SMILES string of the molecule is C#CCCOc1ccc2c(c1)OC(C(=O)O)C2. The van der Waals surface area contributed by atoms with Crippen LogP contribution in [-0.4, -0.2) is 23.8 Å². The normalized spacial score (nSPS) is 16.8. The van der Waals surface area contributed by atoms with Gasteiger partial charge in [0.15, 0.2) is 6.10 Å². The van der Waals surface area contributed by atoms with Crippen LogP contribution in [0.4, 0.5) is 0 Å². The van der Waals surface area contributed by atoms with Crippen molar-refractivity contribution in [3.05, 3.63) is 23.8 Å². The van der Waals surface area contributed by atoms with Gasteiger partial charge in [0.25, 0.3) is 0 Å². The molecule has 1 unspecified atom stereocenters. The second kappa shape index (κ2) is 4.79. The Morgan fingerprint density at radius 1 is 1.65 bits per heavy atom. The van der Waals surface area contributed by atoms with Gasteiger partial charge in [0.2, 0.25) is 0 Å². The zero-order valence-corrected chi connectivity index (χ0v) is 9.18. The molecule has 0 spiro atoms. The lowest BCUT2D eigenvalue weighted by Crippen LogP contribution is -2.24. The minimum atomic E-state index is -0.948. The molecule has 0 saturated heterocycles. The Balaban J connectivity index is 2.05. The van der Waals surface area contributed by atoms with Gasteiger partial charge < -0.3 is 14.6 Å². The highest BCUT2D eigenvalue weighted by Crippen LogP contribution is 2.32. The van der Waals surface area contributed by atoms with Crippen LogP contribution in [0.5, 0.6) is 11.5 Å². The van der Waals surface area contributed by atoms with Gasteiger partial charge in [-0.15, -0.1) is 12.3 Å². The fourth-order valence-corrected chi connectivity index (χ4v) is 1.66. The summed E-state index contributed by atoms with van der Waals surface area (Å²) < 4.78 is 10.7. The topological polar surface area (TPSA) is 55.8 Å². The maximum absolute atomic E-state index is 10.8. The average Bonchev–Trinajstić information content (AvgIpc) is 2.72. The summed E-state index contributed by atoms with van der Waals surface area (Å²) in [6, 6.07) is 5.32. The number of carboxylic acids is 1. The van der Waals surface area contributed by atoms with Crippen molar-refractivity contribution in [1.82, 2.24) is 0 Å². The minimum absolute atomic E-state index is 0.398. The summed E-state index contributed by atoms with van der Waals surface area (Å²) in [4.78, 5) is 10.8. The molecule has 0 aliphatic carbocycles. The standard InChI is InChI=1S/C13H12O4/c1-2-3-6-16-10-5-4-9-7-12(13(14)15)17-11(9)8-10/h1,4-5,8,12H,3,6-7H2,(H,14,15). The number of terminal acetylenes is 1. The van der Waals surface area contributed by atoms with Crippen molar-refractivity contribution in [3.8, 4) is 23.8 Å². The molecular weight excluding hydrogens is 220 g/mol. The second-order valence-electron chi connectivity index (χ2n) is 3.72. The number of hydrogen-bond acceptors (Lipinski definition) is 3. The molecule has 1 aromatic carbocycles. The molecule has 0 radical (unpaired) electrons. The van der Waals surface area contributed by atoms with E-state index in [1.807, 2.05) is 6.07 Å². The molecule has 1 aliphatic rings. The number of fused-ring (bicyclic) bond motifs is 1. The zero-order chi connectivity index (χ0) is 12.3. The van der Waals surface area contributed by atoms with E-state index >= 15 is 0 Å². The van der Waals surface area contributed by atoms with Gasteiger partial charge in [0.05, 0.1) is 6.61 Å². The molecule has 2 rings (SSSR count). The van der Waals surface area contributed by atoms with Gasteiger partial charge in [-0.2, -0.15) is 0 Å². The van der Waals surface area contributed by atoms with Crippen molar-refractivity contribution in [2.24, 2.45) is 0 Å². The van der Waals surface area contributed by atoms with Crippen LogP contribution in [0.2, 0.25) is 0 Å². The Bertz CT molecular complexity index is 473. The maximum Gasteiger partial charge on any atom is 0.345 e. The first kappa shape index (κ1) is 11.3. The Kier molecular flexibility index (Phi) is 3.20. The fraction of sp³-hybridized carbons (Fsp3) is 0.308. The number of carbonyl (C=O) groups is 1. The van der Waals surface area contributed by atoms with Crippen LogP contribution in [0.25, 0.3) is 0 Å². The highest BCUT2D eigenvalue weighted by molar-refractivity contribution is 5.74. The van der Waals surface area contributed by atoms with Crippen LogP contribution in [0.15, 0.2) is 18.2 Å². The minimum Gasteiger partial charge on any atom is -0.492 e. The quantitative estimate of drug-likeness (QED) is 0.631. The van der Waals surface area contributed by atoms with Crippen LogP contribution < -0.4 is 9.47 Å². The van der Waals surface area contributed by atoms with E-state index in [9.17, 15) is 4.79 Å². The van der Waals surface area contributed by atoms with Crippen molar-refractivity contribution in [2.45, 2.75) is 18.9 Å². The molecule has 0 aromatic heterocycles. The average molecular weight is 232 g/mol. The van der Waals surface area contributed by atoms with Crippen molar-refractivity contribution >= 4 is 5.97 Å². The van der Waals surface area contributed by atoms with Gasteiger partial charge in [-0.05, 0) is 11.6 Å². The molecule has 0 saturated carbocycles. The van der Waals surface area contributed by atoms with E-state index in [1.165, 1.54) is 0 Å². The van der Waals surface area contributed by atoms with Gasteiger partial charge in [0.1, 0.15) is 11.5 Å². The largest absolute Gasteiger partial charge is 0.492 e. The van der Waals surface area contributed by atoms with Crippen LogP contribution in [0.3, 0.4) is 0 Å². The van der Waals surface area contributed by atoms with E-state index in [2.05, 4.69) is 5.92 Å². The van der Waals surface area contributed by atoms with Gasteiger partial charge in [-0.3, -0.25) is 0 Å². The molecule has 1 heterocycles. The lowest BCUT2D eigenvalue weighted by molar-refractivity contribution is -0.144. The molecule has 1 atom stereocenters. The first-order chi connectivity index (χ1) is 8.20. The summed E-state index contributed by atoms with van der Waals surface area (Å²) >= 11 is 0. The Labute approximate surface area is 99.2 Å². The second-order valence-corrected chi connectivity index (χ2v) is 3.72. The fourth-order valence-electron chi connectivity index (χ4n) is 1.66. The Morgan fingerprint density at radius 2 is 2.47 bits per heavy atom. The number of carboxylic acid groups (broad SMARTS) is 1. The molecule has 0 bridgehead atoms. The number of aliphatic carboxylic acids is 1. The lowest BCUT2D eigenvalue weighted by Gasteiger charge is -2.06. The molecule has 0 fully saturated rings. The van der Waals surface area contributed by atoms with Crippen LogP contribution >= 0.6 is 0 Å². The molecule has 4 heteroatoms. The third-order valence-corrected chi connectivity index (χ3v) is 2.50. The number of rotatable bonds is 4. The molecule has 88 valence electrons. The van der Waals surface area contributed by atoms with Gasteiger partial charge in [-0.1, -0.05) is 6.07 Å². The van der Waals surface area contributed by atoms with Crippen molar-refractivity contribution in [3.63, 3.8) is 0 Å². The summed E-state index contributed by atoms with van der Waals surface area (Å²) in [6.45, 7) is 0.442. The van der Waals surface area contributed by atoms with Crippen molar-refractivity contribution in [2.75, 3.05) is 6.61 Å². The highest BCUT2D eigenvalue weighted by atomic mass is 16.5. The van der Waals surface area contributed by atoms with E-state index in [1.54, 1.807) is 12.1 Å². The molecule has 4 nitrogen and oxygen atoms in total. The van der Waals surface area contributed by atoms with Crippen LogP contribution in [0, 0.1) is 12.3 Å². The summed E-state index contributed by atoms with van der Waals surface area (Å²) in [5, 5.41) is 8.85. The van der Waals surface area contributed by atoms with E-state index in [-0.39, 0.29) is 0 Å². The predicted octanol–water partition coefficient (Wildman–Crippen LogP) is 1.48. The predicted molar refractivity (Wildman–Crippen MR) is 61.1 cm³/mol. The smallest absolute Gasteiger partial charge is 0.345 e. The van der Waals surface area contributed by atoms with Crippen molar-refractivity contribution < 1.29 is 19.4 Å². The zero-order valence-electron chi connectivity index (χ0n) is 9.18. The molecular formula is C13H12O4. The highest BCUT2D eigenvalue weighted by Gasteiger charge is 2.28. The Morgan fingerprint density at radius 3 is 3.18 bits per heavy atom. The Hall–Kier alpha value is -2.15. The molecule has 0 amide bonds. The number of hydrogen-bond donors (Lipinski definition) is 1. The van der Waals surface area contributed by atoms with E-state index in [4.69, 9.17) is 21.0 Å². The third kappa shape index (κ3) is 2.51. The number of benzene rings is 1. The molecule has 17 heavy (non-hydrogen) atoms. The third-order valence-electron chi connectivity index (χ3n) is 2.50. The molecule has 1 aromatic rings. The lowest BCUT2D eigenvalue weighted by atomic mass is 10.1. The van der Waals surface area contributed by atoms with Crippen LogP contribution in [-0.2, 0) is 11.2 Å². The van der Waals surface area contributed by atoms with E-state index in [0.29, 0.717) is 30.9 Å². The summed E-state index contributed by atoms with van der Waals surface area (Å²) in [7, 11) is 0. The van der Waals surface area contributed by atoms with Gasteiger partial charge in [-0.25, -0.2) is 4.79 Å². The number of ether oxygens (including phenoxy) is 2. The summed E-state index contributed by atoms with van der Waals surface area (Å²) in [5.74, 6) is 2.75.